The van der Waals surface area contributed by atoms with Crippen molar-refractivity contribution in [2.45, 2.75) is 37.8 Å². The molecule has 9 nitrogen and oxygen atoms in total. The van der Waals surface area contributed by atoms with E-state index < -0.39 is 0 Å². The van der Waals surface area contributed by atoms with E-state index in [1.165, 1.54) is 7.11 Å². The Hall–Kier alpha value is -3.49. The summed E-state index contributed by atoms with van der Waals surface area (Å²) in [6, 6.07) is 7.09. The van der Waals surface area contributed by atoms with Crippen LogP contribution in [-0.2, 0) is 7.05 Å². The molecule has 3 heterocycles. The molecule has 1 amide bonds. The van der Waals surface area contributed by atoms with Gasteiger partial charge in [-0.05, 0) is 43.9 Å². The number of pyridine rings is 1. The second-order valence-corrected chi connectivity index (χ2v) is 7.45. The topological polar surface area (TPSA) is 104 Å². The Labute approximate surface area is 173 Å². The van der Waals surface area contributed by atoms with Crippen LogP contribution in [0.2, 0.25) is 0 Å². The normalized spacial score (nSPS) is 18.7. The molecule has 0 bridgehead atoms. The first-order valence-corrected chi connectivity index (χ1v) is 9.94. The van der Waals surface area contributed by atoms with Crippen molar-refractivity contribution in [3.05, 3.63) is 58.8 Å². The molecule has 1 fully saturated rings. The third-order valence-electron chi connectivity index (χ3n) is 5.39. The molecule has 1 saturated carbocycles. The monoisotopic (exact) mass is 408 g/mol. The van der Waals surface area contributed by atoms with Crippen LogP contribution in [0, 0.1) is 0 Å². The van der Waals surface area contributed by atoms with Crippen molar-refractivity contribution in [1.29, 1.82) is 0 Å². The smallest absolute Gasteiger partial charge is 0.267 e. The third-order valence-corrected chi connectivity index (χ3v) is 5.39. The second-order valence-electron chi connectivity index (χ2n) is 7.45. The Balaban J connectivity index is 1.42. The highest BCUT2D eigenvalue weighted by atomic mass is 16.5. The first kappa shape index (κ1) is 19.8. The lowest BCUT2D eigenvalue weighted by molar-refractivity contribution is 0.0918. The number of carbonyl (C=O) groups excluding carboxylic acids is 1. The third kappa shape index (κ3) is 4.10. The molecule has 0 spiro atoms. The fraction of sp³-hybridized carbons (Fsp3) is 0.381. The largest absolute Gasteiger partial charge is 0.479 e. The highest BCUT2D eigenvalue weighted by molar-refractivity contribution is 5.96. The Kier molecular flexibility index (Phi) is 5.60. The molecule has 1 aliphatic rings. The van der Waals surface area contributed by atoms with E-state index in [-0.39, 0.29) is 23.6 Å². The molecule has 0 aliphatic heterocycles. The number of rotatable bonds is 5. The molecule has 0 atom stereocenters. The minimum Gasteiger partial charge on any atom is -0.479 e. The molecule has 0 aromatic carbocycles. The zero-order valence-corrected chi connectivity index (χ0v) is 17.0. The molecule has 9 heteroatoms. The van der Waals surface area contributed by atoms with E-state index in [1.54, 1.807) is 47.1 Å². The first-order valence-electron chi connectivity index (χ1n) is 9.94. The number of hydrogen-bond acceptors (Lipinski definition) is 6. The van der Waals surface area contributed by atoms with Crippen molar-refractivity contribution in [2.24, 2.45) is 7.05 Å². The molecule has 1 N–H and O–H groups in total. The zero-order valence-electron chi connectivity index (χ0n) is 17.0. The summed E-state index contributed by atoms with van der Waals surface area (Å²) in [6.45, 7) is 0. The van der Waals surface area contributed by atoms with Gasteiger partial charge in [0.05, 0.1) is 18.8 Å². The standard InChI is InChI=1S/C21H24N6O3/c1-26-13-17(21(25-26)30-2)20(29)23-15-5-7-16(8-6-15)27-19(28)10-9-18(24-27)14-4-3-11-22-12-14/h3-4,9-13,15-16H,5-8H2,1-2H3,(H,23,29). The number of amides is 1. The van der Waals surface area contributed by atoms with E-state index in [0.717, 1.165) is 36.9 Å². The van der Waals surface area contributed by atoms with Gasteiger partial charge in [-0.25, -0.2) is 4.68 Å². The lowest BCUT2D eigenvalue weighted by Crippen LogP contribution is -2.39. The van der Waals surface area contributed by atoms with Crippen molar-refractivity contribution in [1.82, 2.24) is 29.9 Å². The van der Waals surface area contributed by atoms with Crippen LogP contribution in [0.1, 0.15) is 42.1 Å². The van der Waals surface area contributed by atoms with Crippen molar-refractivity contribution in [3.8, 4) is 17.1 Å². The van der Waals surface area contributed by atoms with Gasteiger partial charge in [-0.3, -0.25) is 19.3 Å². The van der Waals surface area contributed by atoms with Crippen LogP contribution >= 0.6 is 0 Å². The maximum Gasteiger partial charge on any atom is 0.267 e. The van der Waals surface area contributed by atoms with E-state index in [1.807, 2.05) is 12.1 Å². The van der Waals surface area contributed by atoms with Crippen molar-refractivity contribution in [3.63, 3.8) is 0 Å². The molecule has 0 unspecified atom stereocenters. The summed E-state index contributed by atoms with van der Waals surface area (Å²) in [5, 5.41) is 11.8. The first-order chi connectivity index (χ1) is 14.5. The molecule has 3 aromatic rings. The van der Waals surface area contributed by atoms with Crippen LogP contribution < -0.4 is 15.6 Å². The summed E-state index contributed by atoms with van der Waals surface area (Å²) in [6.07, 6.45) is 8.14. The summed E-state index contributed by atoms with van der Waals surface area (Å²) in [7, 11) is 3.24. The molecular formula is C21H24N6O3. The Morgan fingerprint density at radius 1 is 1.17 bits per heavy atom. The van der Waals surface area contributed by atoms with Gasteiger partial charge in [0.25, 0.3) is 11.5 Å². The van der Waals surface area contributed by atoms with Crippen LogP contribution in [0.3, 0.4) is 0 Å². The van der Waals surface area contributed by atoms with Gasteiger partial charge in [0.1, 0.15) is 5.56 Å². The number of methoxy groups -OCH3 is 1. The summed E-state index contributed by atoms with van der Waals surface area (Å²) in [4.78, 5) is 29.1. The van der Waals surface area contributed by atoms with Crippen LogP contribution in [0.25, 0.3) is 11.3 Å². The Morgan fingerprint density at radius 2 is 1.97 bits per heavy atom. The molecule has 3 aromatic heterocycles. The van der Waals surface area contributed by atoms with Crippen molar-refractivity contribution >= 4 is 5.91 Å². The van der Waals surface area contributed by atoms with Gasteiger partial charge in [0, 0.05) is 43.3 Å². The van der Waals surface area contributed by atoms with E-state index in [0.29, 0.717) is 11.4 Å². The van der Waals surface area contributed by atoms with Gasteiger partial charge in [-0.2, -0.15) is 5.10 Å². The van der Waals surface area contributed by atoms with E-state index in [4.69, 9.17) is 4.74 Å². The summed E-state index contributed by atoms with van der Waals surface area (Å²) in [5.41, 5.74) is 1.90. The van der Waals surface area contributed by atoms with Gasteiger partial charge in [0.2, 0.25) is 5.88 Å². The number of aryl methyl sites for hydroxylation is 1. The minimum atomic E-state index is -0.197. The van der Waals surface area contributed by atoms with Crippen LogP contribution in [0.4, 0.5) is 0 Å². The number of nitrogens with zero attached hydrogens (tertiary/aromatic N) is 5. The summed E-state index contributed by atoms with van der Waals surface area (Å²) >= 11 is 0. The predicted molar refractivity (Wildman–Crippen MR) is 110 cm³/mol. The minimum absolute atomic E-state index is 0.00945. The molecule has 0 saturated heterocycles. The number of carbonyl (C=O) groups is 1. The maximum absolute atomic E-state index is 12.6. The molecule has 4 rings (SSSR count). The molecule has 30 heavy (non-hydrogen) atoms. The van der Waals surface area contributed by atoms with E-state index in [9.17, 15) is 9.59 Å². The number of aromatic nitrogens is 5. The zero-order chi connectivity index (χ0) is 21.1. The van der Waals surface area contributed by atoms with Crippen molar-refractivity contribution in [2.75, 3.05) is 7.11 Å². The van der Waals surface area contributed by atoms with Gasteiger partial charge in [-0.1, -0.05) is 0 Å². The van der Waals surface area contributed by atoms with E-state index >= 15 is 0 Å². The van der Waals surface area contributed by atoms with Gasteiger partial charge >= 0.3 is 0 Å². The Morgan fingerprint density at radius 3 is 2.67 bits per heavy atom. The van der Waals surface area contributed by atoms with Gasteiger partial charge in [0.15, 0.2) is 0 Å². The summed E-state index contributed by atoms with van der Waals surface area (Å²) < 4.78 is 8.30. The average Bonchev–Trinajstić information content (AvgIpc) is 3.16. The van der Waals surface area contributed by atoms with Gasteiger partial charge in [-0.15, -0.1) is 5.10 Å². The average molecular weight is 408 g/mol. The van der Waals surface area contributed by atoms with Crippen LogP contribution in [0.5, 0.6) is 5.88 Å². The van der Waals surface area contributed by atoms with Crippen LogP contribution in [-0.4, -0.2) is 43.6 Å². The van der Waals surface area contributed by atoms with E-state index in [2.05, 4.69) is 20.5 Å². The van der Waals surface area contributed by atoms with Crippen molar-refractivity contribution < 1.29 is 9.53 Å². The second kappa shape index (κ2) is 8.48. The highest BCUT2D eigenvalue weighted by Gasteiger charge is 2.26. The van der Waals surface area contributed by atoms with Crippen LogP contribution in [0.15, 0.2) is 47.7 Å². The number of nitrogens with one attached hydrogen (secondary N) is 1. The molecular weight excluding hydrogens is 384 g/mol. The Bertz CT molecular complexity index is 1080. The summed E-state index contributed by atoms with van der Waals surface area (Å²) in [5.74, 6) is 0.115. The number of hydrogen-bond donors (Lipinski definition) is 1. The fourth-order valence-corrected chi connectivity index (χ4v) is 3.86. The highest BCUT2D eigenvalue weighted by Crippen LogP contribution is 2.28. The molecule has 156 valence electrons. The SMILES string of the molecule is COc1nn(C)cc1C(=O)NC1CCC(n2nc(-c3cccnc3)ccc2=O)CC1. The quantitative estimate of drug-likeness (QED) is 0.692. The van der Waals surface area contributed by atoms with Gasteiger partial charge < -0.3 is 10.1 Å². The molecule has 0 radical (unpaired) electrons. The molecule has 1 aliphatic carbocycles. The lowest BCUT2D eigenvalue weighted by Gasteiger charge is -2.29. The lowest BCUT2D eigenvalue weighted by atomic mass is 9.91. The predicted octanol–water partition coefficient (Wildman–Crippen LogP) is 1.96. The number of ether oxygens (including phenoxy) is 1. The maximum atomic E-state index is 12.6. The fourth-order valence-electron chi connectivity index (χ4n) is 3.86.